The van der Waals surface area contributed by atoms with Gasteiger partial charge in [-0.25, -0.2) is 4.79 Å². The van der Waals surface area contributed by atoms with E-state index in [1.54, 1.807) is 0 Å². The standard InChI is InChI=1S/C18H22N2OS/c1-2-15-8-10-17(11-9-15)20-18(21)19-12-13-22-14-16-6-4-3-5-7-16/h3-11H,2,12-14H2,1H3,(H2,19,20,21). The predicted molar refractivity (Wildman–Crippen MR) is 95.4 cm³/mol. The third kappa shape index (κ3) is 5.82. The summed E-state index contributed by atoms with van der Waals surface area (Å²) in [6, 6.07) is 18.1. The summed E-state index contributed by atoms with van der Waals surface area (Å²) in [5, 5.41) is 5.72. The first kappa shape index (κ1) is 16.4. The summed E-state index contributed by atoms with van der Waals surface area (Å²) >= 11 is 1.82. The molecule has 2 aromatic carbocycles. The van der Waals surface area contributed by atoms with Gasteiger partial charge in [-0.1, -0.05) is 49.4 Å². The normalized spacial score (nSPS) is 10.2. The molecule has 0 unspecified atom stereocenters. The minimum atomic E-state index is -0.149. The Kier molecular flexibility index (Phi) is 6.84. The smallest absolute Gasteiger partial charge is 0.319 e. The molecular formula is C18H22N2OS. The van der Waals surface area contributed by atoms with E-state index in [9.17, 15) is 4.79 Å². The maximum atomic E-state index is 11.8. The number of rotatable bonds is 7. The Hall–Kier alpha value is -1.94. The van der Waals surface area contributed by atoms with E-state index in [0.29, 0.717) is 6.54 Å². The molecule has 0 aromatic heterocycles. The van der Waals surface area contributed by atoms with Crippen LogP contribution < -0.4 is 10.6 Å². The summed E-state index contributed by atoms with van der Waals surface area (Å²) in [5.74, 6) is 1.87. The van der Waals surface area contributed by atoms with Crippen molar-refractivity contribution in [3.63, 3.8) is 0 Å². The highest BCUT2D eigenvalue weighted by molar-refractivity contribution is 7.98. The van der Waals surface area contributed by atoms with Gasteiger partial charge < -0.3 is 10.6 Å². The van der Waals surface area contributed by atoms with Crippen LogP contribution >= 0.6 is 11.8 Å². The first-order valence-electron chi connectivity index (χ1n) is 7.53. The zero-order valence-electron chi connectivity index (χ0n) is 12.8. The maximum absolute atomic E-state index is 11.8. The molecular weight excluding hydrogens is 292 g/mol. The lowest BCUT2D eigenvalue weighted by Gasteiger charge is -2.08. The van der Waals surface area contributed by atoms with E-state index in [1.807, 2.05) is 54.2 Å². The second-order valence-electron chi connectivity index (χ2n) is 4.97. The van der Waals surface area contributed by atoms with Crippen LogP contribution in [-0.4, -0.2) is 18.3 Å². The minimum absolute atomic E-state index is 0.149. The quantitative estimate of drug-likeness (QED) is 0.748. The molecule has 0 atom stereocenters. The zero-order valence-corrected chi connectivity index (χ0v) is 13.7. The van der Waals surface area contributed by atoms with E-state index < -0.39 is 0 Å². The molecule has 0 fully saturated rings. The van der Waals surface area contributed by atoms with Crippen LogP contribution in [0.5, 0.6) is 0 Å². The van der Waals surface area contributed by atoms with E-state index >= 15 is 0 Å². The molecule has 2 N–H and O–H groups in total. The molecule has 2 rings (SSSR count). The van der Waals surface area contributed by atoms with Crippen molar-refractivity contribution >= 4 is 23.5 Å². The van der Waals surface area contributed by atoms with Crippen LogP contribution in [0.1, 0.15) is 18.1 Å². The van der Waals surface area contributed by atoms with Gasteiger partial charge in [-0.2, -0.15) is 11.8 Å². The van der Waals surface area contributed by atoms with Crippen LogP contribution in [0, 0.1) is 0 Å². The lowest BCUT2D eigenvalue weighted by atomic mass is 10.1. The molecule has 0 bridgehead atoms. The topological polar surface area (TPSA) is 41.1 Å². The van der Waals surface area contributed by atoms with Crippen LogP contribution in [0.25, 0.3) is 0 Å². The van der Waals surface area contributed by atoms with E-state index in [0.717, 1.165) is 23.6 Å². The average Bonchev–Trinajstić information content (AvgIpc) is 2.56. The molecule has 116 valence electrons. The number of anilines is 1. The number of benzene rings is 2. The second-order valence-corrected chi connectivity index (χ2v) is 6.07. The van der Waals surface area contributed by atoms with Gasteiger partial charge in [0.15, 0.2) is 0 Å². The van der Waals surface area contributed by atoms with Gasteiger partial charge in [-0.15, -0.1) is 0 Å². The van der Waals surface area contributed by atoms with Gasteiger partial charge in [0.1, 0.15) is 0 Å². The van der Waals surface area contributed by atoms with Gasteiger partial charge >= 0.3 is 6.03 Å². The monoisotopic (exact) mass is 314 g/mol. The number of hydrogen-bond acceptors (Lipinski definition) is 2. The Morgan fingerprint density at radius 3 is 2.41 bits per heavy atom. The van der Waals surface area contributed by atoms with Crippen molar-refractivity contribution in [2.45, 2.75) is 19.1 Å². The number of urea groups is 1. The molecule has 2 amide bonds. The molecule has 0 heterocycles. The number of aryl methyl sites for hydroxylation is 1. The molecule has 0 saturated carbocycles. The van der Waals surface area contributed by atoms with Crippen molar-refractivity contribution < 1.29 is 4.79 Å². The summed E-state index contributed by atoms with van der Waals surface area (Å²) in [6.45, 7) is 2.78. The van der Waals surface area contributed by atoms with Crippen molar-refractivity contribution in [3.8, 4) is 0 Å². The molecule has 2 aromatic rings. The summed E-state index contributed by atoms with van der Waals surface area (Å²) in [4.78, 5) is 11.8. The van der Waals surface area contributed by atoms with Crippen LogP contribution in [0.2, 0.25) is 0 Å². The lowest BCUT2D eigenvalue weighted by molar-refractivity contribution is 0.252. The molecule has 0 aliphatic rings. The predicted octanol–water partition coefficient (Wildman–Crippen LogP) is 4.30. The molecule has 4 heteroatoms. The number of carbonyl (C=O) groups excluding carboxylic acids is 1. The van der Waals surface area contributed by atoms with Crippen molar-refractivity contribution in [2.75, 3.05) is 17.6 Å². The summed E-state index contributed by atoms with van der Waals surface area (Å²) in [7, 11) is 0. The van der Waals surface area contributed by atoms with Crippen LogP contribution in [0.15, 0.2) is 54.6 Å². The van der Waals surface area contributed by atoms with Crippen molar-refractivity contribution in [1.29, 1.82) is 0 Å². The van der Waals surface area contributed by atoms with Gasteiger partial charge in [0.05, 0.1) is 0 Å². The van der Waals surface area contributed by atoms with Crippen molar-refractivity contribution in [2.24, 2.45) is 0 Å². The molecule has 0 aliphatic heterocycles. The highest BCUT2D eigenvalue weighted by Gasteiger charge is 2.01. The van der Waals surface area contributed by atoms with Gasteiger partial charge in [-0.05, 0) is 29.7 Å². The van der Waals surface area contributed by atoms with E-state index in [1.165, 1.54) is 11.1 Å². The Bertz CT molecular complexity index is 569. The van der Waals surface area contributed by atoms with Crippen molar-refractivity contribution in [1.82, 2.24) is 5.32 Å². The number of nitrogens with one attached hydrogen (secondary N) is 2. The van der Waals surface area contributed by atoms with E-state index in [2.05, 4.69) is 29.7 Å². The first-order valence-corrected chi connectivity index (χ1v) is 8.69. The molecule has 3 nitrogen and oxygen atoms in total. The third-order valence-electron chi connectivity index (χ3n) is 3.26. The molecule has 0 spiro atoms. The lowest BCUT2D eigenvalue weighted by Crippen LogP contribution is -2.30. The molecule has 22 heavy (non-hydrogen) atoms. The van der Waals surface area contributed by atoms with Gasteiger partial charge in [-0.3, -0.25) is 0 Å². The third-order valence-corrected chi connectivity index (χ3v) is 4.29. The largest absolute Gasteiger partial charge is 0.337 e. The van der Waals surface area contributed by atoms with E-state index in [4.69, 9.17) is 0 Å². The zero-order chi connectivity index (χ0) is 15.6. The first-order chi connectivity index (χ1) is 10.8. The Labute approximate surface area is 136 Å². The minimum Gasteiger partial charge on any atom is -0.337 e. The number of carbonyl (C=O) groups is 1. The second kappa shape index (κ2) is 9.15. The van der Waals surface area contributed by atoms with Gasteiger partial charge in [0.25, 0.3) is 0 Å². The maximum Gasteiger partial charge on any atom is 0.319 e. The number of amides is 2. The molecule has 0 aliphatic carbocycles. The summed E-state index contributed by atoms with van der Waals surface area (Å²) in [6.07, 6.45) is 1.01. The Morgan fingerprint density at radius 2 is 1.73 bits per heavy atom. The highest BCUT2D eigenvalue weighted by Crippen LogP contribution is 2.11. The highest BCUT2D eigenvalue weighted by atomic mass is 32.2. The van der Waals surface area contributed by atoms with Crippen LogP contribution in [0.4, 0.5) is 10.5 Å². The van der Waals surface area contributed by atoms with Crippen LogP contribution in [0.3, 0.4) is 0 Å². The Balaban J connectivity index is 1.61. The van der Waals surface area contributed by atoms with Crippen LogP contribution in [-0.2, 0) is 12.2 Å². The van der Waals surface area contributed by atoms with Crippen molar-refractivity contribution in [3.05, 3.63) is 65.7 Å². The molecule has 0 saturated heterocycles. The molecule has 0 radical (unpaired) electrons. The average molecular weight is 314 g/mol. The number of thioether (sulfide) groups is 1. The summed E-state index contributed by atoms with van der Waals surface area (Å²) < 4.78 is 0. The van der Waals surface area contributed by atoms with E-state index in [-0.39, 0.29) is 6.03 Å². The fourth-order valence-corrected chi connectivity index (χ4v) is 2.82. The van der Waals surface area contributed by atoms with Gasteiger partial charge in [0, 0.05) is 23.7 Å². The summed E-state index contributed by atoms with van der Waals surface area (Å²) in [5.41, 5.74) is 3.41. The fraction of sp³-hybridized carbons (Fsp3) is 0.278. The Morgan fingerprint density at radius 1 is 1.00 bits per heavy atom. The van der Waals surface area contributed by atoms with Gasteiger partial charge in [0.2, 0.25) is 0 Å². The fourth-order valence-electron chi connectivity index (χ4n) is 2.00. The SMILES string of the molecule is CCc1ccc(NC(=O)NCCSCc2ccccc2)cc1. The number of hydrogen-bond donors (Lipinski definition) is 2.